The van der Waals surface area contributed by atoms with Crippen LogP contribution < -0.4 is 9.88 Å². The summed E-state index contributed by atoms with van der Waals surface area (Å²) in [6.45, 7) is 1.87. The van der Waals surface area contributed by atoms with Gasteiger partial charge in [-0.1, -0.05) is 19.1 Å². The molecule has 1 aromatic carbocycles. The van der Waals surface area contributed by atoms with Gasteiger partial charge in [-0.2, -0.15) is 0 Å². The van der Waals surface area contributed by atoms with E-state index >= 15 is 0 Å². The zero-order valence-electron chi connectivity index (χ0n) is 12.3. The van der Waals surface area contributed by atoms with E-state index in [4.69, 9.17) is 9.88 Å². The molecule has 1 fully saturated rings. The highest BCUT2D eigenvalue weighted by Crippen LogP contribution is 2.35. The van der Waals surface area contributed by atoms with Crippen molar-refractivity contribution in [1.82, 2.24) is 0 Å². The van der Waals surface area contributed by atoms with Crippen molar-refractivity contribution in [1.29, 1.82) is 0 Å². The van der Waals surface area contributed by atoms with E-state index in [-0.39, 0.29) is 17.6 Å². The molecule has 116 valence electrons. The first-order valence-electron chi connectivity index (χ1n) is 6.97. The Morgan fingerprint density at radius 2 is 1.86 bits per heavy atom. The lowest BCUT2D eigenvalue weighted by molar-refractivity contribution is -0.128. The van der Waals surface area contributed by atoms with Gasteiger partial charge in [0.05, 0.1) is 12.4 Å². The molecule has 0 heterocycles. The molecule has 2 rings (SSSR count). The number of sulfonamides is 1. The molecule has 0 aliphatic heterocycles. The molecule has 0 saturated heterocycles. The Morgan fingerprint density at radius 3 is 2.29 bits per heavy atom. The van der Waals surface area contributed by atoms with Crippen molar-refractivity contribution in [2.24, 2.45) is 17.0 Å². The van der Waals surface area contributed by atoms with Gasteiger partial charge >= 0.3 is 0 Å². The fourth-order valence-corrected chi connectivity index (χ4v) is 4.04. The first-order valence-corrected chi connectivity index (χ1v) is 8.58. The number of Topliss-reactive ketones (excluding diaryl/α,β-unsaturated/α-hetero) is 1. The molecule has 0 amide bonds. The molecule has 1 saturated carbocycles. The Bertz CT molecular complexity index is 601. The predicted octanol–water partition coefficient (Wildman–Crippen LogP) is 1.51. The van der Waals surface area contributed by atoms with Crippen molar-refractivity contribution in [2.75, 3.05) is 7.11 Å². The molecule has 6 heteroatoms. The SMILES string of the molecule is COc1ccc(CC(C(C)C2CC(=O)C2)S(N)(=O)=O)cc1. The van der Waals surface area contributed by atoms with E-state index in [0.29, 0.717) is 19.3 Å². The molecule has 0 radical (unpaired) electrons. The quantitative estimate of drug-likeness (QED) is 0.862. The molecule has 0 spiro atoms. The monoisotopic (exact) mass is 311 g/mol. The van der Waals surface area contributed by atoms with Crippen LogP contribution in [0.25, 0.3) is 0 Å². The van der Waals surface area contributed by atoms with Crippen molar-refractivity contribution >= 4 is 15.8 Å². The molecule has 1 aliphatic rings. The normalized spacial score (nSPS) is 18.9. The summed E-state index contributed by atoms with van der Waals surface area (Å²) in [6.07, 6.45) is 1.29. The maximum absolute atomic E-state index is 11.9. The average molecular weight is 311 g/mol. The van der Waals surface area contributed by atoms with Crippen LogP contribution in [0.5, 0.6) is 5.75 Å². The summed E-state index contributed by atoms with van der Waals surface area (Å²) in [5.41, 5.74) is 0.896. The van der Waals surface area contributed by atoms with E-state index in [9.17, 15) is 13.2 Å². The van der Waals surface area contributed by atoms with Crippen molar-refractivity contribution in [3.63, 3.8) is 0 Å². The largest absolute Gasteiger partial charge is 0.497 e. The van der Waals surface area contributed by atoms with Crippen molar-refractivity contribution < 1.29 is 17.9 Å². The number of carbonyl (C=O) groups excluding carboxylic acids is 1. The summed E-state index contributed by atoms with van der Waals surface area (Å²) >= 11 is 0. The molecule has 2 atom stereocenters. The fourth-order valence-electron chi connectivity index (χ4n) is 2.80. The van der Waals surface area contributed by atoms with Crippen molar-refractivity contribution in [2.45, 2.75) is 31.4 Å². The highest BCUT2D eigenvalue weighted by Gasteiger charge is 2.39. The number of rotatable bonds is 6. The van der Waals surface area contributed by atoms with Gasteiger partial charge in [-0.25, -0.2) is 13.6 Å². The predicted molar refractivity (Wildman–Crippen MR) is 80.5 cm³/mol. The third-order valence-electron chi connectivity index (χ3n) is 4.33. The number of methoxy groups -OCH3 is 1. The van der Waals surface area contributed by atoms with Crippen molar-refractivity contribution in [3.8, 4) is 5.75 Å². The van der Waals surface area contributed by atoms with Gasteiger partial charge in [0.2, 0.25) is 10.0 Å². The molecule has 2 unspecified atom stereocenters. The minimum atomic E-state index is -3.66. The van der Waals surface area contributed by atoms with Crippen LogP contribution in [-0.2, 0) is 21.2 Å². The molecular formula is C15H21NO4S. The van der Waals surface area contributed by atoms with Crippen LogP contribution in [-0.4, -0.2) is 26.6 Å². The lowest BCUT2D eigenvalue weighted by atomic mass is 9.73. The van der Waals surface area contributed by atoms with Crippen LogP contribution in [0.4, 0.5) is 0 Å². The second-order valence-corrected chi connectivity index (χ2v) is 7.53. The van der Waals surface area contributed by atoms with Gasteiger partial charge in [-0.05, 0) is 36.0 Å². The number of ketones is 1. The first-order chi connectivity index (χ1) is 9.81. The Morgan fingerprint density at radius 1 is 1.29 bits per heavy atom. The summed E-state index contributed by atoms with van der Waals surface area (Å²) in [4.78, 5) is 11.1. The lowest BCUT2D eigenvalue weighted by Gasteiger charge is -2.34. The summed E-state index contributed by atoms with van der Waals surface area (Å²) in [6, 6.07) is 7.28. The third kappa shape index (κ3) is 3.83. The molecular weight excluding hydrogens is 290 g/mol. The van der Waals surface area contributed by atoms with Crippen LogP contribution in [0.1, 0.15) is 25.3 Å². The topological polar surface area (TPSA) is 86.5 Å². The van der Waals surface area contributed by atoms with Crippen LogP contribution in [0.2, 0.25) is 0 Å². The number of carbonyl (C=O) groups is 1. The number of hydrogen-bond donors (Lipinski definition) is 1. The second kappa shape index (κ2) is 6.15. The van der Waals surface area contributed by atoms with Gasteiger partial charge in [0.1, 0.15) is 11.5 Å². The van der Waals surface area contributed by atoms with Gasteiger partial charge in [0.25, 0.3) is 0 Å². The highest BCUT2D eigenvalue weighted by molar-refractivity contribution is 7.89. The Hall–Kier alpha value is -1.40. The summed E-state index contributed by atoms with van der Waals surface area (Å²) in [7, 11) is -2.08. The molecule has 2 N–H and O–H groups in total. The maximum Gasteiger partial charge on any atom is 0.212 e. The van der Waals surface area contributed by atoms with E-state index in [0.717, 1.165) is 11.3 Å². The molecule has 21 heavy (non-hydrogen) atoms. The van der Waals surface area contributed by atoms with E-state index in [1.54, 1.807) is 19.2 Å². The average Bonchev–Trinajstić information content (AvgIpc) is 2.40. The first kappa shape index (κ1) is 16.0. The van der Waals surface area contributed by atoms with Gasteiger partial charge in [-0.3, -0.25) is 4.79 Å². The van der Waals surface area contributed by atoms with E-state index in [1.807, 2.05) is 19.1 Å². The number of primary sulfonamides is 1. The highest BCUT2D eigenvalue weighted by atomic mass is 32.2. The fraction of sp³-hybridized carbons (Fsp3) is 0.533. The lowest BCUT2D eigenvalue weighted by Crippen LogP contribution is -2.42. The van der Waals surface area contributed by atoms with Gasteiger partial charge in [-0.15, -0.1) is 0 Å². The number of benzene rings is 1. The smallest absolute Gasteiger partial charge is 0.212 e. The summed E-state index contributed by atoms with van der Waals surface area (Å²) < 4.78 is 28.9. The minimum Gasteiger partial charge on any atom is -0.497 e. The van der Waals surface area contributed by atoms with Crippen LogP contribution in [0.3, 0.4) is 0 Å². The van der Waals surface area contributed by atoms with Crippen molar-refractivity contribution in [3.05, 3.63) is 29.8 Å². The number of hydrogen-bond acceptors (Lipinski definition) is 4. The second-order valence-electron chi connectivity index (χ2n) is 5.75. The molecule has 1 aliphatic carbocycles. The maximum atomic E-state index is 11.9. The number of nitrogens with two attached hydrogens (primary N) is 1. The van der Waals surface area contributed by atoms with Gasteiger partial charge < -0.3 is 4.74 Å². The zero-order chi connectivity index (χ0) is 15.6. The molecule has 0 bridgehead atoms. The van der Waals surface area contributed by atoms with E-state index < -0.39 is 15.3 Å². The summed E-state index contributed by atoms with van der Waals surface area (Å²) in [5, 5.41) is 4.74. The zero-order valence-corrected chi connectivity index (χ0v) is 13.1. The van der Waals surface area contributed by atoms with E-state index in [2.05, 4.69) is 0 Å². The van der Waals surface area contributed by atoms with Gasteiger partial charge in [0, 0.05) is 12.8 Å². The number of ether oxygens (including phenoxy) is 1. The van der Waals surface area contributed by atoms with Crippen LogP contribution in [0, 0.1) is 11.8 Å². The van der Waals surface area contributed by atoms with Gasteiger partial charge in [0.15, 0.2) is 0 Å². The minimum absolute atomic E-state index is 0.124. The van der Waals surface area contributed by atoms with Crippen LogP contribution in [0.15, 0.2) is 24.3 Å². The Kier molecular flexibility index (Phi) is 4.68. The molecule has 0 aromatic heterocycles. The molecule has 1 aromatic rings. The summed E-state index contributed by atoms with van der Waals surface area (Å²) in [5.74, 6) is 0.923. The standard InChI is InChI=1S/C15H21NO4S/c1-10(12-8-13(17)9-12)15(21(16,18)19)7-11-3-5-14(20-2)6-4-11/h3-6,10,12,15H,7-9H2,1-2H3,(H2,16,18,19). The van der Waals surface area contributed by atoms with Crippen LogP contribution >= 0.6 is 0 Å². The Balaban J connectivity index is 2.14. The third-order valence-corrected chi connectivity index (χ3v) is 5.77. The van der Waals surface area contributed by atoms with E-state index in [1.165, 1.54) is 0 Å². The molecule has 5 nitrogen and oxygen atoms in total. The Labute approximate surface area is 125 Å².